The number of methoxy groups -OCH3 is 2. The Bertz CT molecular complexity index is 2610. The van der Waals surface area contributed by atoms with E-state index in [1.165, 1.54) is 19.8 Å². The van der Waals surface area contributed by atoms with Crippen LogP contribution in [0, 0.1) is 17.8 Å². The van der Waals surface area contributed by atoms with E-state index in [0.717, 1.165) is 114 Å². The number of imidazole rings is 2. The molecular weight excluding hydrogens is 853 g/mol. The average molecular weight is 915 g/mol. The van der Waals surface area contributed by atoms with Crippen molar-refractivity contribution in [2.45, 2.75) is 141 Å². The standard InChI is InChI=1S/C51H62N8O8/c1-7-26(2)43(56-50(62)64-5)49(61)59-39-11-8-10-31(39)22-41(59)46-52-24-38(54-46)30-13-15-34-33(20-30)25-66-42-23-35-29(21-36(34)42)14-16-37-45(35)55-47(53-37)40-12-9-17-58(40)48(60)44(57-51(63)65-6)32-18-27(3)67-28(4)19-32/h13,15,20-21,23-24,26-28,31-32,39-41,44H,7-12,14,16-19,22,25H2,1-6H3,(H,52,54)(H,53,55)(H,57,63)/b56-43-/t26-,27+,28+,31-,39-,40-,41-,44-/m0/s1. The van der Waals surface area contributed by atoms with E-state index in [2.05, 4.69) is 50.6 Å². The van der Waals surface area contributed by atoms with Crippen LogP contribution in [0.3, 0.4) is 0 Å². The van der Waals surface area contributed by atoms with Crippen molar-refractivity contribution in [1.29, 1.82) is 0 Å². The number of alkyl carbamates (subject to hydrolysis) is 1. The molecular formula is C51H62N8O8. The monoisotopic (exact) mass is 914 g/mol. The fourth-order valence-corrected chi connectivity index (χ4v) is 12.0. The summed E-state index contributed by atoms with van der Waals surface area (Å²) in [6.07, 6.45) is 9.51. The fourth-order valence-electron chi connectivity index (χ4n) is 12.0. The van der Waals surface area contributed by atoms with Crippen LogP contribution < -0.4 is 10.1 Å². The predicted molar refractivity (Wildman–Crippen MR) is 249 cm³/mol. The van der Waals surface area contributed by atoms with Gasteiger partial charge in [-0.2, -0.15) is 4.99 Å². The van der Waals surface area contributed by atoms with Gasteiger partial charge in [0.05, 0.1) is 56.1 Å². The zero-order valence-electron chi connectivity index (χ0n) is 39.4. The van der Waals surface area contributed by atoms with Crippen molar-refractivity contribution >= 4 is 29.7 Å². The second kappa shape index (κ2) is 18.2. The zero-order chi connectivity index (χ0) is 46.7. The molecule has 8 atom stereocenters. The number of hydrogen-bond donors (Lipinski definition) is 3. The number of carbonyl (C=O) groups is 4. The number of likely N-dealkylation sites (tertiary alicyclic amines) is 2. The molecule has 4 fully saturated rings. The molecule has 2 aliphatic carbocycles. The third-order valence-corrected chi connectivity index (χ3v) is 15.4. The van der Waals surface area contributed by atoms with Crippen LogP contribution in [0.15, 0.2) is 41.5 Å². The smallest absolute Gasteiger partial charge is 0.433 e. The number of nitrogens with zero attached hydrogens (tertiary/aromatic N) is 5. The highest BCUT2D eigenvalue weighted by molar-refractivity contribution is 6.41. The van der Waals surface area contributed by atoms with Gasteiger partial charge < -0.3 is 44.0 Å². The minimum absolute atomic E-state index is 0.0206. The molecule has 6 heterocycles. The Morgan fingerprint density at radius 2 is 1.73 bits per heavy atom. The molecule has 354 valence electrons. The number of aromatic amines is 2. The Morgan fingerprint density at radius 3 is 2.51 bits per heavy atom. The summed E-state index contributed by atoms with van der Waals surface area (Å²) in [5.74, 6) is 2.07. The maximum Gasteiger partial charge on any atom is 0.433 e. The van der Waals surface area contributed by atoms with Crippen molar-refractivity contribution in [1.82, 2.24) is 35.1 Å². The van der Waals surface area contributed by atoms with Gasteiger partial charge in [0, 0.05) is 35.3 Å². The molecule has 0 bridgehead atoms. The summed E-state index contributed by atoms with van der Waals surface area (Å²) in [6, 6.07) is 9.65. The number of aryl methyl sites for hydroxylation is 2. The molecule has 6 aliphatic rings. The van der Waals surface area contributed by atoms with Gasteiger partial charge in [0.1, 0.15) is 35.8 Å². The number of ether oxygens (including phenoxy) is 4. The fraction of sp³-hybridized carbons (Fsp3) is 0.549. The van der Waals surface area contributed by atoms with Crippen molar-refractivity contribution in [3.63, 3.8) is 0 Å². The molecule has 16 heteroatoms. The number of carbonyl (C=O) groups excluding carboxylic acids is 4. The topological polar surface area (TPSA) is 193 Å². The Labute approximate surface area is 391 Å². The second-order valence-corrected chi connectivity index (χ2v) is 19.6. The number of amides is 4. The predicted octanol–water partition coefficient (Wildman–Crippen LogP) is 8.41. The Kier molecular flexibility index (Phi) is 12.2. The lowest BCUT2D eigenvalue weighted by molar-refractivity contribution is -0.138. The lowest BCUT2D eigenvalue weighted by Crippen LogP contribution is -2.54. The number of H-pyrrole nitrogens is 2. The third-order valence-electron chi connectivity index (χ3n) is 15.4. The highest BCUT2D eigenvalue weighted by Crippen LogP contribution is 2.49. The number of rotatable bonds is 9. The summed E-state index contributed by atoms with van der Waals surface area (Å²) in [5.41, 5.74) is 9.49. The van der Waals surface area contributed by atoms with Crippen LogP contribution in [-0.4, -0.2) is 105 Å². The molecule has 0 unspecified atom stereocenters. The maximum absolute atomic E-state index is 14.4. The zero-order valence-corrected chi connectivity index (χ0v) is 39.4. The number of benzene rings is 2. The van der Waals surface area contributed by atoms with Gasteiger partial charge in [-0.15, -0.1) is 0 Å². The normalized spacial score (nSPS) is 26.1. The van der Waals surface area contributed by atoms with Gasteiger partial charge in [0.2, 0.25) is 5.91 Å². The van der Waals surface area contributed by atoms with Gasteiger partial charge in [-0.25, -0.2) is 19.6 Å². The summed E-state index contributed by atoms with van der Waals surface area (Å²) < 4.78 is 22.3. The molecule has 4 aliphatic heterocycles. The third kappa shape index (κ3) is 8.28. The Hall–Kier alpha value is -6.03. The molecule has 0 radical (unpaired) electrons. The first-order valence-electron chi connectivity index (χ1n) is 24.3. The summed E-state index contributed by atoms with van der Waals surface area (Å²) in [7, 11) is 2.60. The average Bonchev–Trinajstić information content (AvgIpc) is 4.19. The summed E-state index contributed by atoms with van der Waals surface area (Å²) in [5, 5.41) is 2.89. The number of aromatic nitrogens is 4. The largest absolute Gasteiger partial charge is 0.488 e. The quantitative estimate of drug-likeness (QED) is 0.137. The van der Waals surface area contributed by atoms with Crippen molar-refractivity contribution in [3.05, 3.63) is 65.0 Å². The highest BCUT2D eigenvalue weighted by atomic mass is 16.5. The van der Waals surface area contributed by atoms with Crippen molar-refractivity contribution < 1.29 is 38.1 Å². The van der Waals surface area contributed by atoms with Crippen LogP contribution in [0.1, 0.15) is 126 Å². The molecule has 3 saturated heterocycles. The van der Waals surface area contributed by atoms with Crippen molar-refractivity contribution in [3.8, 4) is 39.4 Å². The van der Waals surface area contributed by atoms with Gasteiger partial charge in [0.15, 0.2) is 0 Å². The summed E-state index contributed by atoms with van der Waals surface area (Å²) in [4.78, 5) is 78.9. The van der Waals surface area contributed by atoms with Gasteiger partial charge in [-0.1, -0.05) is 32.4 Å². The van der Waals surface area contributed by atoms with E-state index in [4.69, 9.17) is 28.9 Å². The van der Waals surface area contributed by atoms with Gasteiger partial charge in [0.25, 0.3) is 5.91 Å². The summed E-state index contributed by atoms with van der Waals surface area (Å²) >= 11 is 0. The van der Waals surface area contributed by atoms with Crippen LogP contribution in [-0.2, 0) is 43.2 Å². The van der Waals surface area contributed by atoms with Gasteiger partial charge in [-0.3, -0.25) is 9.59 Å². The molecule has 0 spiro atoms. The van der Waals surface area contributed by atoms with Crippen LogP contribution in [0.5, 0.6) is 5.75 Å². The SMILES string of the molecule is CC[C@H](C)/C(=N/C(=O)OC)C(=O)N1[C@H](c2ncc(-c3ccc4c(c3)COc3cc5c(cc3-4)CCc3[nH]c([C@@H]4CCCN4C(=O)[C@@H](NC(=O)OC)C4C[C@@H](C)O[C@H](C)C4)nc3-5)[nH]2)C[C@@H]2CCC[C@@H]21. The molecule has 1 saturated carbocycles. The molecule has 4 amide bonds. The maximum atomic E-state index is 14.4. The molecule has 10 rings (SSSR count). The van der Waals surface area contributed by atoms with E-state index in [1.54, 1.807) is 0 Å². The number of fused-ring (bicyclic) bond motifs is 7. The molecule has 2 aromatic heterocycles. The van der Waals surface area contributed by atoms with E-state index in [-0.39, 0.29) is 59.7 Å². The van der Waals surface area contributed by atoms with Crippen LogP contribution in [0.2, 0.25) is 0 Å². The summed E-state index contributed by atoms with van der Waals surface area (Å²) in [6.45, 7) is 8.92. The van der Waals surface area contributed by atoms with E-state index >= 15 is 0 Å². The Morgan fingerprint density at radius 1 is 0.910 bits per heavy atom. The van der Waals surface area contributed by atoms with Crippen molar-refractivity contribution in [2.24, 2.45) is 22.7 Å². The second-order valence-electron chi connectivity index (χ2n) is 19.6. The lowest BCUT2D eigenvalue weighted by atomic mass is 9.85. The number of hydrogen-bond acceptors (Lipinski definition) is 10. The minimum Gasteiger partial charge on any atom is -0.488 e. The molecule has 67 heavy (non-hydrogen) atoms. The van der Waals surface area contributed by atoms with E-state index in [1.807, 2.05) is 43.7 Å². The highest BCUT2D eigenvalue weighted by Gasteiger charge is 2.49. The van der Waals surface area contributed by atoms with E-state index in [0.29, 0.717) is 38.3 Å². The Balaban J connectivity index is 0.884. The van der Waals surface area contributed by atoms with Crippen LogP contribution in [0.4, 0.5) is 9.59 Å². The lowest BCUT2D eigenvalue weighted by Gasteiger charge is -2.38. The first-order valence-corrected chi connectivity index (χ1v) is 24.3. The first kappa shape index (κ1) is 44.8. The molecule has 4 aromatic rings. The van der Waals surface area contributed by atoms with Crippen LogP contribution >= 0.6 is 0 Å². The molecule has 3 N–H and O–H groups in total. The van der Waals surface area contributed by atoms with Gasteiger partial charge in [-0.05, 0) is 130 Å². The molecule has 16 nitrogen and oxygen atoms in total. The number of nitrogens with one attached hydrogen (secondary N) is 3. The number of aliphatic imine (C=N–C) groups is 1. The van der Waals surface area contributed by atoms with Crippen molar-refractivity contribution in [2.75, 3.05) is 20.8 Å². The van der Waals surface area contributed by atoms with Gasteiger partial charge >= 0.3 is 12.2 Å². The molecule has 2 aromatic carbocycles. The first-order chi connectivity index (χ1) is 32.4. The van der Waals surface area contributed by atoms with E-state index in [9.17, 15) is 19.2 Å². The minimum atomic E-state index is -0.762. The van der Waals surface area contributed by atoms with E-state index < -0.39 is 18.2 Å². The van der Waals surface area contributed by atoms with Crippen LogP contribution in [0.25, 0.3) is 33.6 Å².